The molecule has 0 radical (unpaired) electrons. The van der Waals surface area contributed by atoms with E-state index in [-0.39, 0.29) is 11.9 Å². The van der Waals surface area contributed by atoms with Crippen LogP contribution in [-0.4, -0.2) is 66.1 Å². The van der Waals surface area contributed by atoms with Gasteiger partial charge in [0, 0.05) is 13.2 Å². The number of aliphatic hydroxyl groups is 2. The molecule has 0 rings (SSSR count). The summed E-state index contributed by atoms with van der Waals surface area (Å²) in [5.41, 5.74) is 0. The number of hydrogen-bond donors (Lipinski definition) is 4. The van der Waals surface area contributed by atoms with E-state index in [1.165, 1.54) is 154 Å². The molecule has 0 aromatic heterocycles. The number of allylic oxidation sites excluding steroid dienone is 2. The minimum absolute atomic E-state index is 0.270. The summed E-state index contributed by atoms with van der Waals surface area (Å²) in [6.07, 6.45) is 49.2. The third-order valence-electron chi connectivity index (χ3n) is 11.7. The second-order valence-electron chi connectivity index (χ2n) is 17.3. The molecule has 59 heavy (non-hydrogen) atoms. The van der Waals surface area contributed by atoms with E-state index >= 15 is 0 Å². The Kier molecular flexibility index (Phi) is 45.7. The van der Waals surface area contributed by atoms with Gasteiger partial charge in [0.1, 0.15) is 0 Å². The van der Waals surface area contributed by atoms with Crippen molar-refractivity contribution in [3.05, 3.63) is 24.3 Å². The molecule has 348 valence electrons. The molecule has 0 saturated heterocycles. The van der Waals surface area contributed by atoms with Crippen LogP contribution in [0.4, 0.5) is 0 Å². The summed E-state index contributed by atoms with van der Waals surface area (Å²) in [4.78, 5) is 27.4. The molecule has 0 bridgehead atoms. The number of carbonyl (C=O) groups is 2. The van der Waals surface area contributed by atoms with Gasteiger partial charge in [0.05, 0.1) is 0 Å². The van der Waals surface area contributed by atoms with Gasteiger partial charge in [-0.15, -0.1) is 0 Å². The second kappa shape index (κ2) is 45.8. The maximum atomic E-state index is 13.7. The zero-order chi connectivity index (χ0) is 43.3. The van der Waals surface area contributed by atoms with Crippen LogP contribution in [0.2, 0.25) is 8.87 Å². The first-order valence-electron chi connectivity index (χ1n) is 25.2. The van der Waals surface area contributed by atoms with E-state index in [1.54, 1.807) is 0 Å². The molecule has 0 aromatic rings. The van der Waals surface area contributed by atoms with Crippen LogP contribution in [-0.2, 0) is 15.7 Å². The van der Waals surface area contributed by atoms with Crippen molar-refractivity contribution < 1.29 is 26.0 Å². The van der Waals surface area contributed by atoms with E-state index in [4.69, 9.17) is 16.4 Å². The molecule has 2 atom stereocenters. The van der Waals surface area contributed by atoms with E-state index in [1.807, 2.05) is 12.2 Å². The van der Waals surface area contributed by atoms with Gasteiger partial charge in [0.2, 0.25) is 0 Å². The summed E-state index contributed by atoms with van der Waals surface area (Å²) < 4.78 is 14.3. The Labute approximate surface area is 381 Å². The van der Waals surface area contributed by atoms with Gasteiger partial charge in [-0.05, 0) is 12.8 Å². The van der Waals surface area contributed by atoms with E-state index in [0.29, 0.717) is 33.6 Å². The second-order valence-corrected chi connectivity index (χ2v) is 27.3. The standard InChI is InChI=1S/2C21H40O3S.2C4H9.Sn/c2*22-18-16-14-12-10-8-6-4-2-1-3-5-7-9-11-13-15-17-20(19-25)21(23)24;2*1-3-4-2;/h2*15,17,20,22,25H,1-14,16,18-19H2,(H,23,24);2*1,3-4H2,2H3;/q;;;;+2/p-2. The topological polar surface area (TPSA) is 93.1 Å². The molecule has 0 aliphatic rings. The van der Waals surface area contributed by atoms with Gasteiger partial charge in [-0.25, -0.2) is 0 Å². The van der Waals surface area contributed by atoms with Gasteiger partial charge >= 0.3 is 258 Å². The maximum absolute atomic E-state index is 13.7. The predicted molar refractivity (Wildman–Crippen MR) is 263 cm³/mol. The Hall–Kier alpha value is -0.161. The normalized spacial score (nSPS) is 13.1. The Morgan fingerprint density at radius 3 is 0.932 bits per heavy atom. The SMILES string of the molecule is CCC[CH2][Sn]([CH2]CCC)([O]C(=O)C(C=CCCCCCCCCCCCCCCCCO)CS)[O]C(=O)C(C=CCCCCCCCCCCCCCCCCO)CS. The first kappa shape index (κ1) is 58.8. The van der Waals surface area contributed by atoms with Crippen LogP contribution in [0.1, 0.15) is 232 Å². The summed E-state index contributed by atoms with van der Waals surface area (Å²) in [5, 5.41) is 17.7. The molecule has 6 nitrogen and oxygen atoms in total. The Bertz CT molecular complexity index is 903. The number of carbonyl (C=O) groups excluding carboxylic acids is 2. The monoisotopic (exact) mass is 977 g/mol. The van der Waals surface area contributed by atoms with Crippen LogP contribution in [0, 0.1) is 11.8 Å². The van der Waals surface area contributed by atoms with Crippen molar-refractivity contribution in [1.29, 1.82) is 0 Å². The van der Waals surface area contributed by atoms with Gasteiger partial charge < -0.3 is 10.2 Å². The molecule has 2 N–H and O–H groups in total. The van der Waals surface area contributed by atoms with Crippen molar-refractivity contribution in [3.63, 3.8) is 0 Å². The molecule has 0 fully saturated rings. The van der Waals surface area contributed by atoms with Crippen LogP contribution in [0.5, 0.6) is 0 Å². The average Bonchev–Trinajstić information content (AvgIpc) is 3.24. The third kappa shape index (κ3) is 37.0. The van der Waals surface area contributed by atoms with Crippen molar-refractivity contribution in [2.45, 2.75) is 241 Å². The summed E-state index contributed by atoms with van der Waals surface area (Å²) >= 11 is 4.95. The van der Waals surface area contributed by atoms with Crippen molar-refractivity contribution in [3.8, 4) is 0 Å². The van der Waals surface area contributed by atoms with E-state index < -0.39 is 31.0 Å². The van der Waals surface area contributed by atoms with Crippen molar-refractivity contribution in [2.75, 3.05) is 24.7 Å². The molecule has 0 aliphatic carbocycles. The van der Waals surface area contributed by atoms with E-state index in [2.05, 4.69) is 51.3 Å². The van der Waals surface area contributed by atoms with E-state index in [9.17, 15) is 9.59 Å². The number of aliphatic hydroxyl groups excluding tert-OH is 2. The summed E-state index contributed by atoms with van der Waals surface area (Å²) in [6.45, 7) is 4.94. The number of rotatable bonds is 46. The molecular formula is C50H96O6S2Sn. The van der Waals surface area contributed by atoms with E-state index in [0.717, 1.165) is 64.2 Å². The summed E-state index contributed by atoms with van der Waals surface area (Å²) in [5.74, 6) is -0.638. The predicted octanol–water partition coefficient (Wildman–Crippen LogP) is 15.0. The zero-order valence-corrected chi connectivity index (χ0v) is 43.3. The zero-order valence-electron chi connectivity index (χ0n) is 38.7. The third-order valence-corrected chi connectivity index (χ3v) is 22.1. The van der Waals surface area contributed by atoms with Crippen LogP contribution >= 0.6 is 25.3 Å². The van der Waals surface area contributed by atoms with Gasteiger partial charge in [-0.1, -0.05) is 89.9 Å². The van der Waals surface area contributed by atoms with Crippen LogP contribution in [0.25, 0.3) is 0 Å². The summed E-state index contributed by atoms with van der Waals surface area (Å²) in [6, 6.07) is 0. The van der Waals surface area contributed by atoms with Crippen LogP contribution < -0.4 is 0 Å². The minimum atomic E-state index is -4.12. The van der Waals surface area contributed by atoms with Gasteiger partial charge in [-0.3, -0.25) is 0 Å². The Morgan fingerprint density at radius 1 is 0.441 bits per heavy atom. The first-order valence-corrected chi connectivity index (χ1v) is 32.8. The molecule has 0 saturated carbocycles. The molecule has 0 aliphatic heterocycles. The number of unbranched alkanes of at least 4 members (excludes halogenated alkanes) is 30. The van der Waals surface area contributed by atoms with Gasteiger partial charge in [0.15, 0.2) is 0 Å². The molecule has 0 amide bonds. The Balaban J connectivity index is 4.66. The number of thiol groups is 2. The van der Waals surface area contributed by atoms with Crippen molar-refractivity contribution in [1.82, 2.24) is 0 Å². The number of hydrogen-bond acceptors (Lipinski definition) is 8. The molecule has 0 heterocycles. The molecule has 0 spiro atoms. The fourth-order valence-electron chi connectivity index (χ4n) is 7.70. The molecular weight excluding hydrogens is 879 g/mol. The molecule has 0 aromatic carbocycles. The fraction of sp³-hybridized carbons (Fsp3) is 0.880. The quantitative estimate of drug-likeness (QED) is 0.0210. The van der Waals surface area contributed by atoms with Gasteiger partial charge in [-0.2, -0.15) is 0 Å². The van der Waals surface area contributed by atoms with Crippen LogP contribution in [0.15, 0.2) is 24.3 Å². The molecule has 2 unspecified atom stereocenters. The Morgan fingerprint density at radius 2 is 0.695 bits per heavy atom. The van der Waals surface area contributed by atoms with Crippen molar-refractivity contribution >= 4 is 56.4 Å². The molecule has 9 heteroatoms. The van der Waals surface area contributed by atoms with Gasteiger partial charge in [0.25, 0.3) is 0 Å². The van der Waals surface area contributed by atoms with Crippen LogP contribution in [0.3, 0.4) is 0 Å². The first-order chi connectivity index (χ1) is 28.9. The summed E-state index contributed by atoms with van der Waals surface area (Å²) in [7, 11) is 0. The average molecular weight is 976 g/mol. The van der Waals surface area contributed by atoms with Crippen molar-refractivity contribution in [2.24, 2.45) is 11.8 Å². The fourth-order valence-corrected chi connectivity index (χ4v) is 18.3.